The summed E-state index contributed by atoms with van der Waals surface area (Å²) in [5.74, 6) is -1.19. The van der Waals surface area contributed by atoms with Gasteiger partial charge in [0, 0.05) is 6.07 Å². The second-order valence-corrected chi connectivity index (χ2v) is 2.14. The Hall–Kier alpha value is -1.36. The van der Waals surface area contributed by atoms with E-state index < -0.39 is 24.5 Å². The van der Waals surface area contributed by atoms with E-state index in [1.54, 1.807) is 0 Å². The highest BCUT2D eigenvalue weighted by molar-refractivity contribution is 5.23. The van der Waals surface area contributed by atoms with Crippen LogP contribution >= 0.6 is 0 Å². The van der Waals surface area contributed by atoms with Gasteiger partial charge >= 0.3 is 0 Å². The summed E-state index contributed by atoms with van der Waals surface area (Å²) >= 11 is 0. The Kier molecular flexibility index (Phi) is 2.44. The van der Waals surface area contributed by atoms with Crippen molar-refractivity contribution in [2.75, 3.05) is 0 Å². The molecule has 5 heteroatoms. The molecule has 0 bridgehead atoms. The maximum Gasteiger partial charge on any atom is 0.227 e. The van der Waals surface area contributed by atoms with Gasteiger partial charge in [0.25, 0.3) is 0 Å². The van der Waals surface area contributed by atoms with Gasteiger partial charge in [-0.15, -0.1) is 0 Å². The molecule has 0 aliphatic heterocycles. The molecular weight excluding hydrogens is 167 g/mol. The molecule has 0 fully saturated rings. The average Bonchev–Trinajstić information content (AvgIpc) is 2.09. The Balaban J connectivity index is 3.29. The van der Waals surface area contributed by atoms with Gasteiger partial charge in [0.2, 0.25) is 11.2 Å². The number of aliphatic hydroxyl groups is 1. The van der Waals surface area contributed by atoms with Gasteiger partial charge < -0.3 is 14.6 Å². The summed E-state index contributed by atoms with van der Waals surface area (Å²) in [5.41, 5.74) is -0.752. The average molecular weight is 174 g/mol. The summed E-state index contributed by atoms with van der Waals surface area (Å²) in [6.07, 6.45) is 0. The Morgan fingerprint density at radius 3 is 2.75 bits per heavy atom. The lowest BCUT2D eigenvalue weighted by atomic mass is 10.3. The highest BCUT2D eigenvalue weighted by atomic mass is 19.1. The lowest BCUT2D eigenvalue weighted by Crippen LogP contribution is -2.03. The van der Waals surface area contributed by atoms with Crippen molar-refractivity contribution in [1.82, 2.24) is 0 Å². The number of hydrogen-bond donors (Lipinski definition) is 2. The van der Waals surface area contributed by atoms with Gasteiger partial charge in [0.15, 0.2) is 5.76 Å². The quantitative estimate of drug-likeness (QED) is 0.676. The van der Waals surface area contributed by atoms with E-state index in [0.29, 0.717) is 0 Å². The van der Waals surface area contributed by atoms with Gasteiger partial charge in [-0.1, -0.05) is 0 Å². The first-order valence-corrected chi connectivity index (χ1v) is 3.20. The fourth-order valence-corrected chi connectivity index (χ4v) is 0.761. The van der Waals surface area contributed by atoms with Crippen LogP contribution in [0.2, 0.25) is 0 Å². The van der Waals surface area contributed by atoms with Crippen LogP contribution in [0.5, 0.6) is 5.75 Å². The Morgan fingerprint density at radius 2 is 2.25 bits per heavy atom. The molecule has 2 N–H and O–H groups in total. The number of aromatic hydroxyl groups is 1. The largest absolute Gasteiger partial charge is 0.502 e. The number of halogens is 1. The van der Waals surface area contributed by atoms with Gasteiger partial charge in [-0.3, -0.25) is 4.79 Å². The smallest absolute Gasteiger partial charge is 0.227 e. The van der Waals surface area contributed by atoms with Crippen LogP contribution in [0.15, 0.2) is 15.3 Å². The fourth-order valence-electron chi connectivity index (χ4n) is 0.761. The molecule has 0 saturated carbocycles. The number of aliphatic hydroxyl groups excluding tert-OH is 1. The van der Waals surface area contributed by atoms with Crippen LogP contribution < -0.4 is 5.43 Å². The predicted molar refractivity (Wildman–Crippen MR) is 37.4 cm³/mol. The second-order valence-electron chi connectivity index (χ2n) is 2.14. The highest BCUT2D eigenvalue weighted by Crippen LogP contribution is 2.13. The van der Waals surface area contributed by atoms with Crippen molar-refractivity contribution in [2.45, 2.75) is 13.3 Å². The Bertz CT molecular complexity index is 331. The van der Waals surface area contributed by atoms with Crippen molar-refractivity contribution in [3.05, 3.63) is 27.8 Å². The Morgan fingerprint density at radius 1 is 1.58 bits per heavy atom. The van der Waals surface area contributed by atoms with E-state index >= 15 is 0 Å². The summed E-state index contributed by atoms with van der Waals surface area (Å²) in [6, 6.07) is 0.842. The first kappa shape index (κ1) is 8.73. The van der Waals surface area contributed by atoms with Gasteiger partial charge in [-0.2, -0.15) is 0 Å². The van der Waals surface area contributed by atoms with Crippen LogP contribution in [0.1, 0.15) is 11.5 Å². The highest BCUT2D eigenvalue weighted by Gasteiger charge is 2.09. The minimum atomic E-state index is -0.942. The van der Waals surface area contributed by atoms with E-state index in [1.807, 2.05) is 0 Å². The minimum Gasteiger partial charge on any atom is -0.502 e. The first-order valence-electron chi connectivity index (χ1n) is 3.20. The number of rotatable bonds is 2. The summed E-state index contributed by atoms with van der Waals surface area (Å²) in [7, 11) is 0. The lowest BCUT2D eigenvalue weighted by Gasteiger charge is -2.00. The molecule has 1 rings (SSSR count). The van der Waals surface area contributed by atoms with Crippen LogP contribution in [-0.4, -0.2) is 10.2 Å². The first-order chi connectivity index (χ1) is 5.69. The van der Waals surface area contributed by atoms with Gasteiger partial charge in [-0.05, 0) is 0 Å². The van der Waals surface area contributed by atoms with Crippen molar-refractivity contribution in [2.24, 2.45) is 0 Å². The molecule has 4 nitrogen and oxygen atoms in total. The third kappa shape index (κ3) is 1.45. The summed E-state index contributed by atoms with van der Waals surface area (Å²) in [5, 5.41) is 17.5. The van der Waals surface area contributed by atoms with E-state index in [-0.39, 0.29) is 11.5 Å². The third-order valence-corrected chi connectivity index (χ3v) is 1.32. The Labute approximate surface area is 66.9 Å². The molecular formula is C7H7FO4. The van der Waals surface area contributed by atoms with E-state index in [0.717, 1.165) is 6.07 Å². The van der Waals surface area contributed by atoms with Crippen molar-refractivity contribution >= 4 is 0 Å². The summed E-state index contributed by atoms with van der Waals surface area (Å²) < 4.78 is 16.6. The van der Waals surface area contributed by atoms with Gasteiger partial charge in [0.05, 0.1) is 0 Å². The standard InChI is InChI=1S/C7H7FO4/c8-2-4-1-5(10)7(11)6(3-9)12-4/h1,9,11H,2-3H2. The molecule has 0 amide bonds. The molecule has 1 aromatic heterocycles. The molecule has 66 valence electrons. The molecule has 0 radical (unpaired) electrons. The zero-order chi connectivity index (χ0) is 9.14. The number of hydrogen-bond acceptors (Lipinski definition) is 4. The van der Waals surface area contributed by atoms with Gasteiger partial charge in [-0.25, -0.2) is 4.39 Å². The summed E-state index contributed by atoms with van der Waals surface area (Å²) in [6.45, 7) is -1.57. The molecule has 0 spiro atoms. The molecule has 1 heterocycles. The monoisotopic (exact) mass is 174 g/mol. The topological polar surface area (TPSA) is 70.7 Å². The predicted octanol–water partition coefficient (Wildman–Crippen LogP) is 0.307. The van der Waals surface area contributed by atoms with E-state index in [2.05, 4.69) is 4.42 Å². The molecule has 12 heavy (non-hydrogen) atoms. The SMILES string of the molecule is O=c1cc(CF)oc(CO)c1O. The van der Waals surface area contributed by atoms with Crippen LogP contribution in [0.3, 0.4) is 0 Å². The van der Waals surface area contributed by atoms with E-state index in [1.165, 1.54) is 0 Å². The fraction of sp³-hybridized carbons (Fsp3) is 0.286. The minimum absolute atomic E-state index is 0.207. The van der Waals surface area contributed by atoms with Crippen molar-refractivity contribution in [3.63, 3.8) is 0 Å². The summed E-state index contributed by atoms with van der Waals surface area (Å²) in [4.78, 5) is 10.8. The van der Waals surface area contributed by atoms with Crippen LogP contribution in [0, 0.1) is 0 Å². The van der Waals surface area contributed by atoms with Crippen LogP contribution in [-0.2, 0) is 13.3 Å². The van der Waals surface area contributed by atoms with Gasteiger partial charge in [0.1, 0.15) is 19.0 Å². The van der Waals surface area contributed by atoms with Crippen LogP contribution in [0.4, 0.5) is 4.39 Å². The second kappa shape index (κ2) is 3.36. The molecule has 0 aliphatic carbocycles. The van der Waals surface area contributed by atoms with Crippen molar-refractivity contribution in [3.8, 4) is 5.75 Å². The van der Waals surface area contributed by atoms with E-state index in [4.69, 9.17) is 10.2 Å². The molecule has 0 saturated heterocycles. The van der Waals surface area contributed by atoms with Crippen molar-refractivity contribution < 1.29 is 19.0 Å². The maximum atomic E-state index is 12.0. The lowest BCUT2D eigenvalue weighted by molar-refractivity contribution is 0.222. The van der Waals surface area contributed by atoms with E-state index in [9.17, 15) is 9.18 Å². The molecule has 0 aromatic carbocycles. The third-order valence-electron chi connectivity index (χ3n) is 1.32. The molecule has 0 aliphatic rings. The molecule has 1 aromatic rings. The van der Waals surface area contributed by atoms with Crippen LogP contribution in [0.25, 0.3) is 0 Å². The number of alkyl halides is 1. The maximum absolute atomic E-state index is 12.0. The zero-order valence-corrected chi connectivity index (χ0v) is 6.08. The van der Waals surface area contributed by atoms with Crippen molar-refractivity contribution in [1.29, 1.82) is 0 Å². The molecule has 0 unspecified atom stereocenters. The normalized spacial score (nSPS) is 10.2. The zero-order valence-electron chi connectivity index (χ0n) is 6.08. The molecule has 0 atom stereocenters.